The summed E-state index contributed by atoms with van der Waals surface area (Å²) in [7, 11) is 1.13. The molecule has 0 aromatic heterocycles. The van der Waals surface area contributed by atoms with Gasteiger partial charge in [-0.2, -0.15) is 0 Å². The van der Waals surface area contributed by atoms with E-state index in [4.69, 9.17) is 0 Å². The molecule has 0 aliphatic heterocycles. The lowest BCUT2D eigenvalue weighted by Crippen LogP contribution is -2.01. The van der Waals surface area contributed by atoms with Gasteiger partial charge in [0, 0.05) is 0 Å². The van der Waals surface area contributed by atoms with Gasteiger partial charge in [0.15, 0.2) is 0 Å². The summed E-state index contributed by atoms with van der Waals surface area (Å²) >= 11 is 0. The quantitative estimate of drug-likeness (QED) is 0.290. The van der Waals surface area contributed by atoms with Crippen molar-refractivity contribution in [3.63, 3.8) is 0 Å². The van der Waals surface area contributed by atoms with Crippen molar-refractivity contribution in [3.05, 3.63) is 0 Å². The monoisotopic (exact) mass is 336 g/mol. The van der Waals surface area contributed by atoms with Crippen molar-refractivity contribution in [3.8, 4) is 0 Å². The molecule has 0 aromatic carbocycles. The Morgan fingerprint density at radius 1 is 0.400 bits per heavy atom. The van der Waals surface area contributed by atoms with E-state index in [9.17, 15) is 0 Å². The van der Waals surface area contributed by atoms with E-state index in [0.29, 0.717) is 23.8 Å². The largest absolute Gasteiger partial charge is 0.102 e. The first-order chi connectivity index (χ1) is 9.71. The van der Waals surface area contributed by atoms with Crippen LogP contribution >= 0.6 is 23.8 Å². The molecular weight excluding hydrogens is 297 g/mol. The summed E-state index contributed by atoms with van der Waals surface area (Å²) in [6.07, 6.45) is 14.8. The molecule has 20 heavy (non-hydrogen) atoms. The molecule has 0 radical (unpaired) electrons. The predicted molar refractivity (Wildman–Crippen MR) is 106 cm³/mol. The first-order valence-corrected chi connectivity index (χ1v) is 14.6. The van der Waals surface area contributed by atoms with E-state index in [2.05, 4.69) is 34.6 Å². The molecule has 0 rings (SSSR count). The summed E-state index contributed by atoms with van der Waals surface area (Å²) < 4.78 is 0. The van der Waals surface area contributed by atoms with Crippen LogP contribution in [0.1, 0.15) is 66.7 Å². The van der Waals surface area contributed by atoms with Crippen molar-refractivity contribution in [2.75, 3.05) is 42.6 Å². The van der Waals surface area contributed by atoms with Gasteiger partial charge in [0.2, 0.25) is 0 Å². The normalized spacial score (nSPS) is 12.0. The zero-order chi connectivity index (χ0) is 15.2. The molecule has 0 amide bonds. The van der Waals surface area contributed by atoms with Crippen LogP contribution in [0.2, 0.25) is 0 Å². The maximum absolute atomic E-state index is 2.40. The van der Waals surface area contributed by atoms with Crippen LogP contribution in [0.3, 0.4) is 0 Å². The summed E-state index contributed by atoms with van der Waals surface area (Å²) in [6, 6.07) is 0. The van der Waals surface area contributed by atoms with E-state index in [-0.39, 0.29) is 0 Å². The fourth-order valence-corrected chi connectivity index (χ4v) is 15.5. The van der Waals surface area contributed by atoms with Crippen LogP contribution in [0.5, 0.6) is 0 Å². The lowest BCUT2D eigenvalue weighted by molar-refractivity contribution is 1.05. The lowest BCUT2D eigenvalue weighted by atomic mass is 10.6. The van der Waals surface area contributed by atoms with Gasteiger partial charge in [-0.15, -0.1) is 15.8 Å². The van der Waals surface area contributed by atoms with Gasteiger partial charge in [-0.1, -0.05) is 74.6 Å². The Hall–Kier alpha value is 1.29. The van der Waals surface area contributed by atoms with E-state index in [1.165, 1.54) is 32.1 Å². The Morgan fingerprint density at radius 2 is 0.650 bits per heavy atom. The molecule has 122 valence electrons. The average Bonchev–Trinajstić information content (AvgIpc) is 2.40. The number of hydrogen-bond donors (Lipinski definition) is 0. The summed E-state index contributed by atoms with van der Waals surface area (Å²) in [6.45, 7) is 11.9. The summed E-state index contributed by atoms with van der Waals surface area (Å²) in [5.74, 6) is 3.32. The molecule has 0 saturated heterocycles. The Balaban J connectivity index is 4.41. The van der Waals surface area contributed by atoms with Crippen molar-refractivity contribution < 1.29 is 0 Å². The minimum Gasteiger partial charge on any atom is -0.102 e. The molecule has 0 unspecified atom stereocenters. The van der Waals surface area contributed by atoms with Crippen molar-refractivity contribution in [2.24, 2.45) is 0 Å². The molecule has 0 aliphatic carbocycles. The van der Waals surface area contributed by atoms with E-state index in [1.54, 1.807) is 42.6 Å². The van der Waals surface area contributed by atoms with Gasteiger partial charge in [-0.25, -0.2) is 0 Å². The Morgan fingerprint density at radius 3 is 0.900 bits per heavy atom. The van der Waals surface area contributed by atoms with Crippen molar-refractivity contribution >= 4 is 23.8 Å². The van der Waals surface area contributed by atoms with Gasteiger partial charge >= 0.3 is 0 Å². The molecule has 0 heterocycles. The van der Waals surface area contributed by atoms with E-state index in [1.807, 2.05) is 0 Å². The third kappa shape index (κ3) is 10.9. The summed E-state index contributed by atoms with van der Waals surface area (Å²) in [5, 5.41) is 0. The second-order valence-corrected chi connectivity index (χ2v) is 14.4. The van der Waals surface area contributed by atoms with Gasteiger partial charge in [0.1, 0.15) is 0 Å². The Bertz CT molecular complexity index is 167. The highest BCUT2D eigenvalue weighted by molar-refractivity contribution is 7.81. The van der Waals surface area contributed by atoms with Crippen LogP contribution in [0.25, 0.3) is 0 Å². The molecule has 0 nitrogen and oxygen atoms in total. The van der Waals surface area contributed by atoms with Crippen molar-refractivity contribution in [1.29, 1.82) is 0 Å². The van der Waals surface area contributed by atoms with Crippen LogP contribution in [0, 0.1) is 0 Å². The third-order valence-electron chi connectivity index (χ3n) is 3.50. The summed E-state index contributed by atoms with van der Waals surface area (Å²) in [4.78, 5) is 0. The number of hydrogen-bond acceptors (Lipinski definition) is 0. The van der Waals surface area contributed by atoms with Crippen LogP contribution in [0.4, 0.5) is 0 Å². The van der Waals surface area contributed by atoms with Crippen LogP contribution < -0.4 is 0 Å². The standard InChI is InChI=1S/C17H39P3/c1-6-11-18(12-7-2)16-20(15-10-5)17-19(13-8-3)14-9-4/h6-17H2,1-5H3. The zero-order valence-electron chi connectivity index (χ0n) is 14.8. The second-order valence-electron chi connectivity index (χ2n) is 5.91. The fraction of sp³-hybridized carbons (Fsp3) is 1.00. The smallest absolute Gasteiger partial charge is 0.0117 e. The minimum absolute atomic E-state index is 0.372. The highest BCUT2D eigenvalue weighted by atomic mass is 31.2. The summed E-state index contributed by atoms with van der Waals surface area (Å²) in [5.41, 5.74) is 0. The Kier molecular flexibility index (Phi) is 16.2. The molecule has 0 aliphatic rings. The van der Waals surface area contributed by atoms with E-state index < -0.39 is 0 Å². The zero-order valence-corrected chi connectivity index (χ0v) is 17.5. The SMILES string of the molecule is CCCP(CCC)CP(CCC)CP(CCC)CCC. The van der Waals surface area contributed by atoms with Crippen molar-refractivity contribution in [1.82, 2.24) is 0 Å². The van der Waals surface area contributed by atoms with Crippen LogP contribution in [-0.4, -0.2) is 42.6 Å². The molecular formula is C17H39P3. The highest BCUT2D eigenvalue weighted by Crippen LogP contribution is 2.58. The van der Waals surface area contributed by atoms with Crippen molar-refractivity contribution in [2.45, 2.75) is 66.7 Å². The highest BCUT2D eigenvalue weighted by Gasteiger charge is 2.18. The molecule has 0 aromatic rings. The van der Waals surface area contributed by atoms with E-state index >= 15 is 0 Å². The average molecular weight is 336 g/mol. The van der Waals surface area contributed by atoms with E-state index in [0.717, 1.165) is 0 Å². The lowest BCUT2D eigenvalue weighted by Gasteiger charge is -2.28. The first kappa shape index (κ1) is 21.3. The van der Waals surface area contributed by atoms with Gasteiger partial charge in [0.25, 0.3) is 0 Å². The third-order valence-corrected chi connectivity index (χ3v) is 15.3. The van der Waals surface area contributed by atoms with Gasteiger partial charge in [-0.3, -0.25) is 0 Å². The molecule has 0 atom stereocenters. The van der Waals surface area contributed by atoms with Crippen LogP contribution in [-0.2, 0) is 0 Å². The minimum atomic E-state index is 0.372. The van der Waals surface area contributed by atoms with Gasteiger partial charge in [-0.05, 0) is 42.6 Å². The molecule has 0 spiro atoms. The maximum atomic E-state index is 2.40. The number of rotatable bonds is 14. The molecule has 0 bridgehead atoms. The second kappa shape index (κ2) is 15.2. The Labute approximate surface area is 133 Å². The van der Waals surface area contributed by atoms with Gasteiger partial charge in [0.05, 0.1) is 0 Å². The van der Waals surface area contributed by atoms with Crippen LogP contribution in [0.15, 0.2) is 0 Å². The molecule has 3 heteroatoms. The molecule has 0 N–H and O–H groups in total. The van der Waals surface area contributed by atoms with Gasteiger partial charge < -0.3 is 0 Å². The predicted octanol–water partition coefficient (Wildman–Crippen LogP) is 7.40. The topological polar surface area (TPSA) is 0 Å². The molecule has 0 saturated carbocycles. The fourth-order valence-electron chi connectivity index (χ4n) is 2.84. The molecule has 0 fully saturated rings. The maximum Gasteiger partial charge on any atom is -0.0117 e. The first-order valence-electron chi connectivity index (χ1n) is 8.88.